The number of thioether (sulfide) groups is 1. The Labute approximate surface area is 193 Å². The van der Waals surface area contributed by atoms with Crippen molar-refractivity contribution >= 4 is 62.7 Å². The average molecular weight is 458 g/mol. The monoisotopic (exact) mass is 457 g/mol. The summed E-state index contributed by atoms with van der Waals surface area (Å²) >= 11 is 6.74. The van der Waals surface area contributed by atoms with E-state index in [2.05, 4.69) is 0 Å². The molecular formula is C25H15NO4S2. The fourth-order valence-electron chi connectivity index (χ4n) is 3.60. The zero-order chi connectivity index (χ0) is 22.2. The molecule has 3 aromatic carbocycles. The largest absolute Gasteiger partial charge is 0.478 e. The maximum atomic E-state index is 13.2. The SMILES string of the molecule is O=C(O)c1cccc(-c2ccc(/C=C3\SC(=S)N(c4cccc5ccccc45)C3=O)o2)c1. The van der Waals surface area contributed by atoms with E-state index >= 15 is 0 Å². The molecule has 0 atom stereocenters. The maximum Gasteiger partial charge on any atom is 0.335 e. The number of thiocarbonyl (C=S) groups is 1. The Hall–Kier alpha value is -3.68. The van der Waals surface area contributed by atoms with E-state index in [9.17, 15) is 14.7 Å². The van der Waals surface area contributed by atoms with E-state index in [-0.39, 0.29) is 11.5 Å². The number of rotatable bonds is 4. The van der Waals surface area contributed by atoms with Crippen molar-refractivity contribution in [3.63, 3.8) is 0 Å². The van der Waals surface area contributed by atoms with E-state index < -0.39 is 5.97 Å². The summed E-state index contributed by atoms with van der Waals surface area (Å²) in [4.78, 5) is 26.4. The molecule has 4 aromatic rings. The number of carboxylic acid groups (broad SMARTS) is 1. The molecule has 0 aliphatic carbocycles. The number of nitrogens with zero attached hydrogens (tertiary/aromatic N) is 1. The third-order valence-corrected chi connectivity index (χ3v) is 6.40. The lowest BCUT2D eigenvalue weighted by Gasteiger charge is -2.17. The standard InChI is InChI=1S/C25H15NO4S2/c27-23-22(14-18-11-12-21(30-18)16-7-3-8-17(13-16)24(28)29)32-25(31)26(23)20-10-4-6-15-5-1-2-9-19(15)20/h1-14H,(H,28,29)/b22-14-. The number of carboxylic acids is 1. The van der Waals surface area contributed by atoms with Gasteiger partial charge in [0.1, 0.15) is 11.5 Å². The van der Waals surface area contributed by atoms with Gasteiger partial charge in [0, 0.05) is 17.0 Å². The molecule has 156 valence electrons. The van der Waals surface area contributed by atoms with Gasteiger partial charge in [0.05, 0.1) is 16.2 Å². The predicted molar refractivity (Wildman–Crippen MR) is 131 cm³/mol. The second kappa shape index (κ2) is 8.11. The summed E-state index contributed by atoms with van der Waals surface area (Å²) in [7, 11) is 0. The first-order valence-corrected chi connectivity index (χ1v) is 10.9. The van der Waals surface area contributed by atoms with Crippen LogP contribution in [-0.2, 0) is 4.79 Å². The van der Waals surface area contributed by atoms with Crippen LogP contribution in [-0.4, -0.2) is 21.3 Å². The van der Waals surface area contributed by atoms with Crippen molar-refractivity contribution in [1.29, 1.82) is 0 Å². The van der Waals surface area contributed by atoms with Crippen LogP contribution in [0.3, 0.4) is 0 Å². The molecule has 0 unspecified atom stereocenters. The first kappa shape index (κ1) is 20.2. The molecule has 1 fully saturated rings. The van der Waals surface area contributed by atoms with Gasteiger partial charge in [0.15, 0.2) is 4.32 Å². The van der Waals surface area contributed by atoms with Crippen LogP contribution in [0.25, 0.3) is 28.2 Å². The molecule has 0 saturated carbocycles. The summed E-state index contributed by atoms with van der Waals surface area (Å²) in [5, 5.41) is 11.2. The molecule has 0 bridgehead atoms. The second-order valence-corrected chi connectivity index (χ2v) is 8.78. The molecule has 5 nitrogen and oxygen atoms in total. The summed E-state index contributed by atoms with van der Waals surface area (Å²) in [5.74, 6) is -0.207. The number of benzene rings is 3. The minimum atomic E-state index is -1.00. The van der Waals surface area contributed by atoms with Crippen LogP contribution in [0.1, 0.15) is 16.1 Å². The van der Waals surface area contributed by atoms with Gasteiger partial charge in [0.25, 0.3) is 5.91 Å². The molecule has 1 aromatic heterocycles. The number of carbonyl (C=O) groups is 2. The van der Waals surface area contributed by atoms with Crippen molar-refractivity contribution < 1.29 is 19.1 Å². The molecule has 1 amide bonds. The molecule has 0 spiro atoms. The molecule has 32 heavy (non-hydrogen) atoms. The van der Waals surface area contributed by atoms with E-state index in [0.717, 1.165) is 16.5 Å². The number of aromatic carboxylic acids is 1. The van der Waals surface area contributed by atoms with Gasteiger partial charge in [-0.25, -0.2) is 4.79 Å². The Morgan fingerprint density at radius 3 is 2.62 bits per heavy atom. The van der Waals surface area contributed by atoms with Gasteiger partial charge in [-0.3, -0.25) is 9.69 Å². The normalized spacial score (nSPS) is 15.1. The lowest BCUT2D eigenvalue weighted by molar-refractivity contribution is -0.113. The van der Waals surface area contributed by atoms with Crippen LogP contribution in [0, 0.1) is 0 Å². The molecule has 7 heteroatoms. The van der Waals surface area contributed by atoms with Gasteiger partial charge < -0.3 is 9.52 Å². The third-order valence-electron chi connectivity index (χ3n) is 5.10. The van der Waals surface area contributed by atoms with Crippen LogP contribution in [0.5, 0.6) is 0 Å². The van der Waals surface area contributed by atoms with Gasteiger partial charge in [-0.15, -0.1) is 0 Å². The number of hydrogen-bond donors (Lipinski definition) is 1. The topological polar surface area (TPSA) is 70.8 Å². The molecule has 0 radical (unpaired) electrons. The Balaban J connectivity index is 1.46. The first-order valence-electron chi connectivity index (χ1n) is 9.70. The summed E-state index contributed by atoms with van der Waals surface area (Å²) in [6.45, 7) is 0. The molecule has 1 saturated heterocycles. The lowest BCUT2D eigenvalue weighted by atomic mass is 10.1. The van der Waals surface area contributed by atoms with Crippen molar-refractivity contribution in [2.24, 2.45) is 0 Å². The Morgan fingerprint density at radius 2 is 1.78 bits per heavy atom. The summed E-state index contributed by atoms with van der Waals surface area (Å²) in [5.41, 5.74) is 1.57. The third kappa shape index (κ3) is 3.62. The van der Waals surface area contributed by atoms with Gasteiger partial charge in [-0.1, -0.05) is 72.5 Å². The number of amides is 1. The molecule has 2 heterocycles. The van der Waals surface area contributed by atoms with Crippen LogP contribution >= 0.6 is 24.0 Å². The van der Waals surface area contributed by atoms with Gasteiger partial charge >= 0.3 is 5.97 Å². The van der Waals surface area contributed by atoms with E-state index in [0.29, 0.717) is 26.3 Å². The quantitative estimate of drug-likeness (QED) is 0.290. The Kier molecular flexibility index (Phi) is 5.13. The van der Waals surface area contributed by atoms with Crippen molar-refractivity contribution in [3.8, 4) is 11.3 Å². The Bertz CT molecular complexity index is 1430. The number of hydrogen-bond acceptors (Lipinski definition) is 5. The summed E-state index contributed by atoms with van der Waals surface area (Å²) < 4.78 is 6.32. The zero-order valence-corrected chi connectivity index (χ0v) is 18.2. The number of furan rings is 1. The number of carbonyl (C=O) groups excluding carboxylic acids is 1. The average Bonchev–Trinajstić information content (AvgIpc) is 3.38. The molecular weight excluding hydrogens is 442 g/mol. The minimum Gasteiger partial charge on any atom is -0.478 e. The smallest absolute Gasteiger partial charge is 0.335 e. The number of fused-ring (bicyclic) bond motifs is 1. The fourth-order valence-corrected chi connectivity index (χ4v) is 4.86. The van der Waals surface area contributed by atoms with E-state index in [1.54, 1.807) is 41.3 Å². The molecule has 1 aliphatic heterocycles. The van der Waals surface area contributed by atoms with E-state index in [1.165, 1.54) is 17.8 Å². The zero-order valence-electron chi connectivity index (χ0n) is 16.5. The van der Waals surface area contributed by atoms with Gasteiger partial charge in [-0.05, 0) is 35.7 Å². The van der Waals surface area contributed by atoms with Crippen LogP contribution in [0.4, 0.5) is 5.69 Å². The minimum absolute atomic E-state index is 0.177. The highest BCUT2D eigenvalue weighted by Gasteiger charge is 2.34. The second-order valence-electron chi connectivity index (χ2n) is 7.10. The highest BCUT2D eigenvalue weighted by atomic mass is 32.2. The van der Waals surface area contributed by atoms with Crippen LogP contribution < -0.4 is 4.90 Å². The van der Waals surface area contributed by atoms with E-state index in [4.69, 9.17) is 16.6 Å². The Morgan fingerprint density at radius 1 is 1.00 bits per heavy atom. The number of anilines is 1. The van der Waals surface area contributed by atoms with Gasteiger partial charge in [-0.2, -0.15) is 0 Å². The summed E-state index contributed by atoms with van der Waals surface area (Å²) in [6, 6.07) is 23.6. The highest BCUT2D eigenvalue weighted by Crippen LogP contribution is 2.39. The van der Waals surface area contributed by atoms with Gasteiger partial charge in [0.2, 0.25) is 0 Å². The van der Waals surface area contributed by atoms with Crippen molar-refractivity contribution in [3.05, 3.63) is 95.1 Å². The van der Waals surface area contributed by atoms with Crippen molar-refractivity contribution in [2.45, 2.75) is 0 Å². The fraction of sp³-hybridized carbons (Fsp3) is 0. The molecule has 5 rings (SSSR count). The van der Waals surface area contributed by atoms with E-state index in [1.807, 2.05) is 42.5 Å². The lowest BCUT2D eigenvalue weighted by Crippen LogP contribution is -2.27. The van der Waals surface area contributed by atoms with Crippen LogP contribution in [0.15, 0.2) is 88.2 Å². The summed E-state index contributed by atoms with van der Waals surface area (Å²) in [6.07, 6.45) is 1.66. The predicted octanol–water partition coefficient (Wildman–Crippen LogP) is 6.20. The first-order chi connectivity index (χ1) is 15.5. The van der Waals surface area contributed by atoms with Crippen molar-refractivity contribution in [1.82, 2.24) is 0 Å². The highest BCUT2D eigenvalue weighted by molar-refractivity contribution is 8.27. The molecule has 1 N–H and O–H groups in total. The van der Waals surface area contributed by atoms with Crippen molar-refractivity contribution in [2.75, 3.05) is 4.90 Å². The maximum absolute atomic E-state index is 13.2. The molecule has 1 aliphatic rings. The van der Waals surface area contributed by atoms with Crippen LogP contribution in [0.2, 0.25) is 0 Å².